The molecule has 0 N–H and O–H groups in total. The normalized spacial score (nSPS) is 20.1. The first-order valence-electron chi connectivity index (χ1n) is 16.4. The molecule has 0 amide bonds. The summed E-state index contributed by atoms with van der Waals surface area (Å²) in [6, 6.07) is 10.6. The molecule has 0 nitrogen and oxygen atoms in total. The Morgan fingerprint density at radius 1 is 0.773 bits per heavy atom. The molecule has 0 aliphatic heterocycles. The van der Waals surface area contributed by atoms with Crippen molar-refractivity contribution < 1.29 is 46.1 Å². The van der Waals surface area contributed by atoms with Gasteiger partial charge in [0, 0.05) is 0 Å². The predicted molar refractivity (Wildman–Crippen MR) is 182 cm³/mol. The van der Waals surface area contributed by atoms with Crippen LogP contribution in [0.1, 0.15) is 139 Å². The number of hydrogen-bond acceptors (Lipinski definition) is 0. The van der Waals surface area contributed by atoms with Gasteiger partial charge in [-0.15, -0.1) is 0 Å². The van der Waals surface area contributed by atoms with Crippen LogP contribution in [0.15, 0.2) is 57.4 Å². The topological polar surface area (TPSA) is 0 Å². The Labute approximate surface area is 288 Å². The van der Waals surface area contributed by atoms with Crippen molar-refractivity contribution in [3.8, 4) is 11.1 Å². The van der Waals surface area contributed by atoms with E-state index in [1.807, 2.05) is 3.28 Å². The summed E-state index contributed by atoms with van der Waals surface area (Å²) in [4.78, 5) is 0. The molecule has 0 spiro atoms. The van der Waals surface area contributed by atoms with E-state index in [1.54, 1.807) is 19.9 Å². The number of fused-ring (bicyclic) bond motifs is 5. The van der Waals surface area contributed by atoms with Gasteiger partial charge in [0.2, 0.25) is 0 Å². The zero-order valence-electron chi connectivity index (χ0n) is 29.2. The number of halogens is 2. The monoisotopic (exact) mass is 704 g/mol. The Kier molecular flexibility index (Phi) is 9.76. The van der Waals surface area contributed by atoms with Gasteiger partial charge in [0.15, 0.2) is 0 Å². The molecule has 0 radical (unpaired) electrons. The Morgan fingerprint density at radius 2 is 1.25 bits per heavy atom. The molecule has 1 atom stereocenters. The van der Waals surface area contributed by atoms with Crippen LogP contribution in [-0.2, 0) is 32.1 Å². The van der Waals surface area contributed by atoms with E-state index in [0.29, 0.717) is 9.54 Å². The molecule has 4 aliphatic carbocycles. The van der Waals surface area contributed by atoms with E-state index in [-0.39, 0.29) is 41.1 Å². The molecular weight excluding hydrogens is 655 g/mol. The van der Waals surface area contributed by atoms with Crippen molar-refractivity contribution in [1.29, 1.82) is 0 Å². The van der Waals surface area contributed by atoms with Crippen LogP contribution in [0.3, 0.4) is 0 Å². The van der Waals surface area contributed by atoms with E-state index in [1.165, 1.54) is 63.8 Å². The summed E-state index contributed by atoms with van der Waals surface area (Å²) < 4.78 is 4.12. The van der Waals surface area contributed by atoms with Crippen LogP contribution in [-0.4, -0.2) is 3.21 Å². The Balaban J connectivity index is 0.00000221. The third-order valence-corrected chi connectivity index (χ3v) is 19.0. The Morgan fingerprint density at radius 3 is 1.66 bits per heavy atom. The minimum absolute atomic E-state index is 0. The van der Waals surface area contributed by atoms with E-state index in [0.717, 1.165) is 0 Å². The quantitative estimate of drug-likeness (QED) is 0.377. The second-order valence-corrected chi connectivity index (χ2v) is 23.5. The minimum Gasteiger partial charge on any atom is -1.00 e. The summed E-state index contributed by atoms with van der Waals surface area (Å²) in [5.74, 6) is 0.612. The molecule has 6 rings (SSSR count). The molecule has 4 aliphatic rings. The first-order chi connectivity index (χ1) is 19.5. The van der Waals surface area contributed by atoms with Gasteiger partial charge >= 0.3 is 266 Å². The fourth-order valence-corrected chi connectivity index (χ4v) is 17.2. The number of rotatable bonds is 5. The van der Waals surface area contributed by atoms with Gasteiger partial charge in [-0.05, 0) is 0 Å². The van der Waals surface area contributed by atoms with Crippen molar-refractivity contribution >= 4 is 14.4 Å². The van der Waals surface area contributed by atoms with Gasteiger partial charge in [-0.1, -0.05) is 0 Å². The van der Waals surface area contributed by atoms with Crippen LogP contribution in [0.2, 0.25) is 0 Å². The van der Waals surface area contributed by atoms with Crippen LogP contribution in [0.4, 0.5) is 0 Å². The molecule has 0 fully saturated rings. The fourth-order valence-electron chi connectivity index (χ4n) is 8.55. The van der Waals surface area contributed by atoms with E-state index < -0.39 is 21.3 Å². The molecule has 234 valence electrons. The molecule has 44 heavy (non-hydrogen) atoms. The first-order valence-corrected chi connectivity index (χ1v) is 20.3. The van der Waals surface area contributed by atoms with Crippen LogP contribution < -0.4 is 24.8 Å². The van der Waals surface area contributed by atoms with Crippen LogP contribution in [0.5, 0.6) is 0 Å². The maximum Gasteiger partial charge on any atom is -1.00 e. The van der Waals surface area contributed by atoms with E-state index in [9.17, 15) is 0 Å². The maximum absolute atomic E-state index is 2.71. The molecule has 1 unspecified atom stereocenters. The Hall–Kier alpha value is -1.27. The largest absolute Gasteiger partial charge is 1.00 e. The molecule has 0 bridgehead atoms. The SMILES string of the molecule is CCCCC1C=C(C(C)(C)C)C=[C]1[Zr+2](=[C](C)C)[CH]1c2cc3c(cc2-c2cc4c(cc21)C(C)(C)C=C4C)C(C)=CC3(C)C.[Cl-].[Cl-]. The van der Waals surface area contributed by atoms with E-state index in [2.05, 4.69) is 132 Å². The summed E-state index contributed by atoms with van der Waals surface area (Å²) in [5.41, 5.74) is 17.1. The number of benzene rings is 2. The molecular formula is C41H52Cl2Zr. The first kappa shape index (κ1) is 35.6. The van der Waals surface area contributed by atoms with Gasteiger partial charge in [-0.25, -0.2) is 0 Å². The van der Waals surface area contributed by atoms with Crippen molar-refractivity contribution in [3.05, 3.63) is 90.8 Å². The summed E-state index contributed by atoms with van der Waals surface area (Å²) in [6.45, 7) is 28.8. The molecule has 0 saturated carbocycles. The van der Waals surface area contributed by atoms with Gasteiger partial charge in [0.05, 0.1) is 0 Å². The predicted octanol–water partition coefficient (Wildman–Crippen LogP) is 5.66. The standard InChI is InChI=1S/C25H25.C13H21.C3H6.2ClH.Zr/c1-14-12-24(3,4)22-8-16-7-17-9-23-19(15(2)13-25(23,5)6)11-21(17)20(16)10-18(14)22;1-5-6-7-11-8-9-12(10-11)13(2,3)4;1-3-2;;;/h7-13H,1-6H3;9-11H,5-7H2,1-4H3;1-2H3;2*1H;/q;;;;;+2/p-2. The second kappa shape index (κ2) is 12.1. The Bertz CT molecular complexity index is 1590. The minimum atomic E-state index is -2.39. The van der Waals surface area contributed by atoms with Crippen molar-refractivity contribution in [2.24, 2.45) is 11.3 Å². The van der Waals surface area contributed by atoms with Crippen molar-refractivity contribution in [2.45, 2.75) is 117 Å². The summed E-state index contributed by atoms with van der Waals surface area (Å²) in [5, 5.41) is 0. The average molecular weight is 707 g/mol. The number of hydrogen-bond donors (Lipinski definition) is 0. The summed E-state index contributed by atoms with van der Waals surface area (Å²) in [7, 11) is 0. The van der Waals surface area contributed by atoms with Gasteiger partial charge in [0.1, 0.15) is 0 Å². The van der Waals surface area contributed by atoms with E-state index >= 15 is 0 Å². The summed E-state index contributed by atoms with van der Waals surface area (Å²) >= 11 is -2.39. The summed E-state index contributed by atoms with van der Waals surface area (Å²) in [6.07, 6.45) is 14.3. The molecule has 0 saturated heterocycles. The average Bonchev–Trinajstić information content (AvgIpc) is 3.56. The van der Waals surface area contributed by atoms with E-state index in [4.69, 9.17) is 0 Å². The molecule has 0 heterocycles. The third kappa shape index (κ3) is 5.64. The van der Waals surface area contributed by atoms with Crippen molar-refractivity contribution in [3.63, 3.8) is 0 Å². The van der Waals surface area contributed by atoms with Gasteiger partial charge in [-0.3, -0.25) is 0 Å². The second-order valence-electron chi connectivity index (χ2n) is 16.1. The fraction of sp³-hybridized carbons (Fsp3) is 0.488. The maximum atomic E-state index is 2.71. The van der Waals surface area contributed by atoms with Gasteiger partial charge in [0.25, 0.3) is 0 Å². The van der Waals surface area contributed by atoms with Crippen LogP contribution in [0, 0.1) is 11.3 Å². The molecule has 2 aromatic carbocycles. The number of unbranched alkanes of at least 4 members (excludes halogenated alkanes) is 1. The van der Waals surface area contributed by atoms with Gasteiger partial charge in [-0.2, -0.15) is 0 Å². The van der Waals surface area contributed by atoms with Crippen LogP contribution >= 0.6 is 0 Å². The van der Waals surface area contributed by atoms with Gasteiger partial charge < -0.3 is 24.8 Å². The molecule has 0 aromatic heterocycles. The molecule has 3 heteroatoms. The third-order valence-electron chi connectivity index (χ3n) is 10.6. The zero-order chi connectivity index (χ0) is 30.5. The smallest absolute Gasteiger partial charge is 1.00 e. The molecule has 2 aromatic rings. The van der Waals surface area contributed by atoms with Crippen molar-refractivity contribution in [1.82, 2.24) is 0 Å². The number of allylic oxidation sites excluding steroid dienone is 8. The van der Waals surface area contributed by atoms with Crippen LogP contribution in [0.25, 0.3) is 22.3 Å². The zero-order valence-corrected chi connectivity index (χ0v) is 33.1. The van der Waals surface area contributed by atoms with Crippen molar-refractivity contribution in [2.75, 3.05) is 0 Å².